The summed E-state index contributed by atoms with van der Waals surface area (Å²) in [6, 6.07) is 13.5. The van der Waals surface area contributed by atoms with E-state index in [2.05, 4.69) is 20.3 Å². The highest BCUT2D eigenvalue weighted by atomic mass is 19.1. The zero-order valence-corrected chi connectivity index (χ0v) is 15.4. The Hall–Kier alpha value is -4.14. The SMILES string of the molecule is Cc1nnc2ccc(-n3cc(-c4ccnc(N)c4)c(-c4ccc(F)cc4)n3)nn12. The molecule has 0 bridgehead atoms. The number of rotatable bonds is 3. The maximum absolute atomic E-state index is 13.4. The molecule has 4 aromatic heterocycles. The molecule has 0 saturated carbocycles. The average Bonchev–Trinajstić information content (AvgIpc) is 3.33. The second-order valence-corrected chi connectivity index (χ2v) is 6.52. The van der Waals surface area contributed by atoms with Crippen LogP contribution in [-0.2, 0) is 0 Å². The summed E-state index contributed by atoms with van der Waals surface area (Å²) in [5.74, 6) is 1.37. The third kappa shape index (κ3) is 2.98. The van der Waals surface area contributed by atoms with E-state index in [0.717, 1.165) is 16.7 Å². The van der Waals surface area contributed by atoms with Crippen LogP contribution in [0.1, 0.15) is 5.82 Å². The fourth-order valence-corrected chi connectivity index (χ4v) is 3.15. The summed E-state index contributed by atoms with van der Waals surface area (Å²) in [5.41, 5.74) is 9.66. The van der Waals surface area contributed by atoms with Gasteiger partial charge in [-0.05, 0) is 61.0 Å². The number of halogens is 1. The molecule has 0 atom stereocenters. The van der Waals surface area contributed by atoms with Crippen molar-refractivity contribution in [3.63, 3.8) is 0 Å². The smallest absolute Gasteiger partial charge is 0.178 e. The summed E-state index contributed by atoms with van der Waals surface area (Å²) in [6.45, 7) is 1.83. The van der Waals surface area contributed by atoms with E-state index < -0.39 is 0 Å². The van der Waals surface area contributed by atoms with Gasteiger partial charge < -0.3 is 5.73 Å². The molecule has 8 nitrogen and oxygen atoms in total. The molecule has 0 radical (unpaired) electrons. The maximum atomic E-state index is 13.4. The third-order valence-corrected chi connectivity index (χ3v) is 4.56. The van der Waals surface area contributed by atoms with Crippen molar-refractivity contribution in [1.29, 1.82) is 0 Å². The lowest BCUT2D eigenvalue weighted by atomic mass is 10.0. The van der Waals surface area contributed by atoms with Gasteiger partial charge in [-0.3, -0.25) is 0 Å². The molecular formula is C20H15FN8. The maximum Gasteiger partial charge on any atom is 0.178 e. The van der Waals surface area contributed by atoms with E-state index in [9.17, 15) is 4.39 Å². The van der Waals surface area contributed by atoms with Gasteiger partial charge in [0.15, 0.2) is 17.3 Å². The number of fused-ring (bicyclic) bond motifs is 1. The molecule has 0 aliphatic rings. The van der Waals surface area contributed by atoms with Gasteiger partial charge in [0.25, 0.3) is 0 Å². The van der Waals surface area contributed by atoms with E-state index in [1.165, 1.54) is 12.1 Å². The zero-order valence-electron chi connectivity index (χ0n) is 15.4. The first-order chi connectivity index (χ1) is 14.1. The second-order valence-electron chi connectivity index (χ2n) is 6.52. The number of aromatic nitrogens is 7. The Morgan fingerprint density at radius 3 is 2.55 bits per heavy atom. The fourth-order valence-electron chi connectivity index (χ4n) is 3.15. The van der Waals surface area contributed by atoms with Gasteiger partial charge in [0, 0.05) is 23.5 Å². The van der Waals surface area contributed by atoms with E-state index in [-0.39, 0.29) is 5.82 Å². The molecule has 0 fully saturated rings. The number of hydrogen-bond acceptors (Lipinski definition) is 6. The fraction of sp³-hybridized carbons (Fsp3) is 0.0500. The van der Waals surface area contributed by atoms with Gasteiger partial charge in [0.2, 0.25) is 0 Å². The highest BCUT2D eigenvalue weighted by Crippen LogP contribution is 2.32. The first-order valence-electron chi connectivity index (χ1n) is 8.85. The number of nitrogen functional groups attached to an aromatic ring is 1. The molecule has 142 valence electrons. The summed E-state index contributed by atoms with van der Waals surface area (Å²) in [4.78, 5) is 4.05. The Morgan fingerprint density at radius 1 is 0.931 bits per heavy atom. The van der Waals surface area contributed by atoms with Gasteiger partial charge >= 0.3 is 0 Å². The van der Waals surface area contributed by atoms with E-state index in [1.807, 2.05) is 31.3 Å². The van der Waals surface area contributed by atoms with Crippen LogP contribution in [0.2, 0.25) is 0 Å². The van der Waals surface area contributed by atoms with Crippen LogP contribution in [0.5, 0.6) is 0 Å². The van der Waals surface area contributed by atoms with Crippen molar-refractivity contribution in [2.24, 2.45) is 0 Å². The van der Waals surface area contributed by atoms with Crippen molar-refractivity contribution in [1.82, 2.24) is 34.6 Å². The summed E-state index contributed by atoms with van der Waals surface area (Å²) in [5, 5.41) is 17.4. The topological polar surface area (TPSA) is 99.8 Å². The minimum atomic E-state index is -0.307. The number of nitrogens with zero attached hydrogens (tertiary/aromatic N) is 7. The molecule has 0 amide bonds. The van der Waals surface area contributed by atoms with Crippen LogP contribution in [0.15, 0.2) is 60.9 Å². The number of pyridine rings is 1. The van der Waals surface area contributed by atoms with Crippen molar-refractivity contribution in [3.05, 3.63) is 72.6 Å². The van der Waals surface area contributed by atoms with Gasteiger partial charge in [-0.2, -0.15) is 9.61 Å². The molecule has 5 aromatic rings. The summed E-state index contributed by atoms with van der Waals surface area (Å²) in [6.07, 6.45) is 3.50. The predicted octanol–water partition coefficient (Wildman–Crippen LogP) is 3.07. The predicted molar refractivity (Wildman–Crippen MR) is 106 cm³/mol. The lowest BCUT2D eigenvalue weighted by Gasteiger charge is -2.03. The monoisotopic (exact) mass is 386 g/mol. The van der Waals surface area contributed by atoms with Crippen LogP contribution in [-0.4, -0.2) is 34.6 Å². The van der Waals surface area contributed by atoms with E-state index in [0.29, 0.717) is 28.8 Å². The van der Waals surface area contributed by atoms with E-state index in [4.69, 9.17) is 10.8 Å². The third-order valence-electron chi connectivity index (χ3n) is 4.56. The molecule has 9 heteroatoms. The normalized spacial score (nSPS) is 11.2. The Labute approximate surface area is 164 Å². The van der Waals surface area contributed by atoms with Gasteiger partial charge in [-0.15, -0.1) is 15.3 Å². The van der Waals surface area contributed by atoms with Crippen molar-refractivity contribution in [2.45, 2.75) is 6.92 Å². The molecule has 0 unspecified atom stereocenters. The Kier molecular flexibility index (Phi) is 3.80. The molecule has 4 heterocycles. The van der Waals surface area contributed by atoms with E-state index >= 15 is 0 Å². The largest absolute Gasteiger partial charge is 0.384 e. The van der Waals surface area contributed by atoms with Gasteiger partial charge in [-0.25, -0.2) is 14.1 Å². The van der Waals surface area contributed by atoms with Crippen LogP contribution in [0.25, 0.3) is 33.8 Å². The van der Waals surface area contributed by atoms with Crippen LogP contribution in [0, 0.1) is 12.7 Å². The molecule has 0 aliphatic carbocycles. The number of hydrogen-bond donors (Lipinski definition) is 1. The Balaban J connectivity index is 1.71. The minimum absolute atomic E-state index is 0.307. The van der Waals surface area contributed by atoms with Gasteiger partial charge in [-0.1, -0.05) is 0 Å². The highest BCUT2D eigenvalue weighted by Gasteiger charge is 2.16. The van der Waals surface area contributed by atoms with Crippen molar-refractivity contribution >= 4 is 11.5 Å². The minimum Gasteiger partial charge on any atom is -0.384 e. The highest BCUT2D eigenvalue weighted by molar-refractivity contribution is 5.81. The average molecular weight is 386 g/mol. The zero-order chi connectivity index (χ0) is 20.0. The van der Waals surface area contributed by atoms with Gasteiger partial charge in [0.1, 0.15) is 17.3 Å². The van der Waals surface area contributed by atoms with Crippen molar-refractivity contribution in [3.8, 4) is 28.2 Å². The molecular weight excluding hydrogens is 371 g/mol. The van der Waals surface area contributed by atoms with Crippen LogP contribution in [0.4, 0.5) is 10.2 Å². The summed E-state index contributed by atoms with van der Waals surface area (Å²) < 4.78 is 16.8. The van der Waals surface area contributed by atoms with E-state index in [1.54, 1.807) is 33.6 Å². The summed E-state index contributed by atoms with van der Waals surface area (Å²) >= 11 is 0. The number of nitrogens with two attached hydrogens (primary N) is 1. The molecule has 29 heavy (non-hydrogen) atoms. The first-order valence-corrected chi connectivity index (χ1v) is 8.85. The summed E-state index contributed by atoms with van der Waals surface area (Å²) in [7, 11) is 0. The van der Waals surface area contributed by atoms with Gasteiger partial charge in [0.05, 0.1) is 0 Å². The number of aryl methyl sites for hydroxylation is 1. The van der Waals surface area contributed by atoms with Crippen LogP contribution in [0.3, 0.4) is 0 Å². The molecule has 0 aliphatic heterocycles. The Morgan fingerprint density at radius 2 is 1.76 bits per heavy atom. The molecule has 0 saturated heterocycles. The molecule has 2 N–H and O–H groups in total. The number of benzene rings is 1. The second kappa shape index (κ2) is 6.48. The Bertz CT molecular complexity index is 1340. The van der Waals surface area contributed by atoms with Crippen molar-refractivity contribution in [2.75, 3.05) is 5.73 Å². The van der Waals surface area contributed by atoms with Crippen molar-refractivity contribution < 1.29 is 4.39 Å². The quantitative estimate of drug-likeness (QED) is 0.512. The standard InChI is InChI=1S/C20H15FN8/c1-12-24-25-18-6-7-19(26-29(12)18)28-11-16(14-8-9-23-17(22)10-14)20(27-28)13-2-4-15(21)5-3-13/h2-11H,1H3,(H2,22,23). The molecule has 5 rings (SSSR count). The molecule has 0 spiro atoms. The molecule has 1 aromatic carbocycles. The van der Waals surface area contributed by atoms with Crippen LogP contribution >= 0.6 is 0 Å². The number of anilines is 1. The lowest BCUT2D eigenvalue weighted by Crippen LogP contribution is -2.03. The first kappa shape index (κ1) is 17.0. The van der Waals surface area contributed by atoms with Crippen LogP contribution < -0.4 is 5.73 Å². The lowest BCUT2D eigenvalue weighted by molar-refractivity contribution is 0.628.